The molecule has 0 saturated carbocycles. The highest BCUT2D eigenvalue weighted by Crippen LogP contribution is 2.23. The van der Waals surface area contributed by atoms with E-state index in [1.807, 2.05) is 99.9 Å². The van der Waals surface area contributed by atoms with Gasteiger partial charge < -0.3 is 20.9 Å². The van der Waals surface area contributed by atoms with E-state index in [4.69, 9.17) is 0 Å². The van der Waals surface area contributed by atoms with E-state index in [9.17, 15) is 14.4 Å². The highest BCUT2D eigenvalue weighted by atomic mass is 16.2. The Morgan fingerprint density at radius 1 is 0.448 bits per heavy atom. The van der Waals surface area contributed by atoms with Crippen molar-refractivity contribution in [2.24, 2.45) is 0 Å². The number of likely N-dealkylation sites (tertiary alicyclic amines) is 1. The minimum Gasteiger partial charge on any atom is -0.322 e. The predicted molar refractivity (Wildman–Crippen MR) is 371 cm³/mol. The van der Waals surface area contributed by atoms with Gasteiger partial charge in [0.15, 0.2) is 16.9 Å². The van der Waals surface area contributed by atoms with Crippen LogP contribution in [0.5, 0.6) is 0 Å². The van der Waals surface area contributed by atoms with Gasteiger partial charge in [0, 0.05) is 109 Å². The maximum atomic E-state index is 12.8. The van der Waals surface area contributed by atoms with Crippen molar-refractivity contribution in [1.29, 1.82) is 0 Å². The molecule has 10 heterocycles. The molecule has 0 unspecified atom stereocenters. The van der Waals surface area contributed by atoms with Gasteiger partial charge in [-0.25, -0.2) is 28.5 Å². The van der Waals surface area contributed by atoms with Crippen molar-refractivity contribution in [2.45, 2.75) is 60.7 Å². The van der Waals surface area contributed by atoms with Crippen LogP contribution < -0.4 is 16.0 Å². The largest absolute Gasteiger partial charge is 0.322 e. The first kappa shape index (κ1) is 65.4. The highest BCUT2D eigenvalue weighted by Gasteiger charge is 2.17. The summed E-state index contributed by atoms with van der Waals surface area (Å²) < 4.78 is 5.01. The standard InChI is InChI=1S/C26H26N6O.C25H22N6O.C24H22N6O/c1-4-31(5-2)18-21-9-10-23(13-19(21)3)30-26(33)22-14-20(15-27-16-22)8-11-24-17-28-25-7-6-12-29-32(24)25;1-18-12-22(7-6-20(18)17-30-10-3-11-30)29-25(32)21-13-19(14-26-15-21)5-8-23-16-27-24-4-2-9-28-31(23)24;1-17-11-21(8-7-19(17)16-29(2)3)28-24(31)20-12-18(13-25-14-20)6-9-22-15-26-23-5-4-10-27-30(22)23/h6-7,9-10,12-17H,4-5,18H2,1-3H3,(H,30,33);2,4,6-7,9,12-16H,3,10-11,17H2,1H3,(H,29,32);4-5,7-8,10-15H,16H2,1-3H3,(H,28,31). The van der Waals surface area contributed by atoms with E-state index in [0.29, 0.717) is 50.5 Å². The molecular weight excluding hydrogens is 1200 g/mol. The fourth-order valence-electron chi connectivity index (χ4n) is 10.3. The van der Waals surface area contributed by atoms with Gasteiger partial charge in [0.05, 0.1) is 35.3 Å². The lowest BCUT2D eigenvalue weighted by Crippen LogP contribution is -2.36. The Kier molecular flexibility index (Phi) is 21.2. The number of benzene rings is 3. The van der Waals surface area contributed by atoms with E-state index >= 15 is 0 Å². The SMILES string of the molecule is CCN(CC)Cc1ccc(NC(=O)c2cncc(C#Cc3cnc4cccnn34)c2)cc1C.Cc1cc(NC(=O)c2cncc(C#Cc3cnc4cccnn34)c2)ccc1CN(C)C.Cc1cc(NC(=O)c2cncc(C#Cc3cnc4cccnn34)c2)ccc1CN1CCC1. The third-order valence-electron chi connectivity index (χ3n) is 15.8. The van der Waals surface area contributed by atoms with Crippen LogP contribution in [0.15, 0.2) is 184 Å². The van der Waals surface area contributed by atoms with Crippen molar-refractivity contribution in [3.8, 4) is 35.5 Å². The smallest absolute Gasteiger partial charge is 0.257 e. The molecule has 3 N–H and O–H groups in total. The van der Waals surface area contributed by atoms with E-state index in [1.165, 1.54) is 41.1 Å². The van der Waals surface area contributed by atoms with Crippen molar-refractivity contribution in [2.75, 3.05) is 56.2 Å². The quantitative estimate of drug-likeness (QED) is 0.0861. The molecule has 1 fully saturated rings. The van der Waals surface area contributed by atoms with E-state index in [2.05, 4.69) is 151 Å². The Morgan fingerprint density at radius 2 is 0.812 bits per heavy atom. The number of carbonyl (C=O) groups is 3. The average molecular weight is 1270 g/mol. The van der Waals surface area contributed by atoms with Crippen LogP contribution in [0.4, 0.5) is 17.1 Å². The van der Waals surface area contributed by atoms with Gasteiger partial charge in [-0.1, -0.05) is 49.8 Å². The van der Waals surface area contributed by atoms with Crippen LogP contribution in [-0.4, -0.2) is 131 Å². The molecule has 9 aromatic heterocycles. The Labute approximate surface area is 556 Å². The topological polar surface area (TPSA) is 226 Å². The fraction of sp³-hybridized carbons (Fsp3) is 0.200. The summed E-state index contributed by atoms with van der Waals surface area (Å²) in [7, 11) is 4.06. The average Bonchev–Trinajstić information content (AvgIpc) is 1.56. The third kappa shape index (κ3) is 17.0. The number of amides is 3. The number of nitrogens with zero attached hydrogens (tertiary/aromatic N) is 15. The lowest BCUT2D eigenvalue weighted by atomic mass is 10.1. The fourth-order valence-corrected chi connectivity index (χ4v) is 10.3. The Morgan fingerprint density at radius 3 is 1.15 bits per heavy atom. The second-order valence-corrected chi connectivity index (χ2v) is 23.1. The van der Waals surface area contributed by atoms with Crippen molar-refractivity contribution in [3.63, 3.8) is 0 Å². The van der Waals surface area contributed by atoms with Crippen LogP contribution in [0.1, 0.15) is 118 Å². The summed E-state index contributed by atoms with van der Waals surface area (Å²) in [6.07, 6.45) is 20.9. The number of hydrogen-bond donors (Lipinski definition) is 3. The minimum atomic E-state index is -0.229. The summed E-state index contributed by atoms with van der Waals surface area (Å²) in [5.74, 6) is 17.6. The number of fused-ring (bicyclic) bond motifs is 3. The summed E-state index contributed by atoms with van der Waals surface area (Å²) in [5.41, 5.74) is 17.0. The van der Waals surface area contributed by atoms with E-state index in [-0.39, 0.29) is 17.7 Å². The molecule has 96 heavy (non-hydrogen) atoms. The number of imidazole rings is 3. The number of anilines is 3. The molecule has 1 aliphatic heterocycles. The Balaban J connectivity index is 0.000000146. The normalized spacial score (nSPS) is 11.6. The van der Waals surface area contributed by atoms with Gasteiger partial charge in [-0.05, 0) is 210 Å². The highest BCUT2D eigenvalue weighted by molar-refractivity contribution is 6.05. The van der Waals surface area contributed by atoms with Crippen LogP contribution >= 0.6 is 0 Å². The molecule has 0 bridgehead atoms. The molecule has 21 heteroatoms. The molecule has 12 aromatic rings. The molecule has 1 saturated heterocycles. The number of aromatic nitrogens is 12. The second kappa shape index (κ2) is 31.0. The van der Waals surface area contributed by atoms with Gasteiger partial charge >= 0.3 is 0 Å². The van der Waals surface area contributed by atoms with Gasteiger partial charge in [0.25, 0.3) is 17.7 Å². The van der Waals surface area contributed by atoms with Crippen molar-refractivity contribution < 1.29 is 14.4 Å². The van der Waals surface area contributed by atoms with Crippen LogP contribution in [0.2, 0.25) is 0 Å². The first-order valence-corrected chi connectivity index (χ1v) is 31.3. The molecule has 478 valence electrons. The molecule has 3 aromatic carbocycles. The van der Waals surface area contributed by atoms with Crippen LogP contribution in [0.3, 0.4) is 0 Å². The minimum absolute atomic E-state index is 0.215. The van der Waals surface area contributed by atoms with Crippen molar-refractivity contribution in [1.82, 2.24) is 73.4 Å². The molecule has 0 atom stereocenters. The van der Waals surface area contributed by atoms with Crippen molar-refractivity contribution >= 4 is 51.7 Å². The zero-order chi connectivity index (χ0) is 66.9. The van der Waals surface area contributed by atoms with Crippen LogP contribution in [0.25, 0.3) is 16.9 Å². The first-order chi connectivity index (χ1) is 46.7. The Hall–Kier alpha value is -12.1. The van der Waals surface area contributed by atoms with Gasteiger partial charge in [0.2, 0.25) is 0 Å². The predicted octanol–water partition coefficient (Wildman–Crippen LogP) is 10.4. The van der Waals surface area contributed by atoms with Crippen molar-refractivity contribution in [3.05, 3.63) is 267 Å². The number of carbonyl (C=O) groups excluding carboxylic acids is 3. The number of rotatable bonds is 14. The van der Waals surface area contributed by atoms with Gasteiger partial charge in [0.1, 0.15) is 17.1 Å². The Bertz CT molecular complexity index is 5010. The summed E-state index contributed by atoms with van der Waals surface area (Å²) in [6.45, 7) is 17.6. The molecule has 21 nitrogen and oxygen atoms in total. The van der Waals surface area contributed by atoms with E-state index < -0.39 is 0 Å². The molecule has 3 amide bonds. The second-order valence-electron chi connectivity index (χ2n) is 23.1. The van der Waals surface area contributed by atoms with Gasteiger partial charge in [-0.15, -0.1) is 0 Å². The lowest BCUT2D eigenvalue weighted by Gasteiger charge is -2.31. The zero-order valence-corrected chi connectivity index (χ0v) is 54.4. The summed E-state index contributed by atoms with van der Waals surface area (Å²) >= 11 is 0. The third-order valence-corrected chi connectivity index (χ3v) is 15.8. The van der Waals surface area contributed by atoms with Gasteiger partial charge in [-0.2, -0.15) is 15.3 Å². The number of aryl methyl sites for hydroxylation is 3. The molecule has 0 aliphatic carbocycles. The number of pyridine rings is 3. The summed E-state index contributed by atoms with van der Waals surface area (Å²) in [4.78, 5) is 70.5. The summed E-state index contributed by atoms with van der Waals surface area (Å²) in [5, 5.41) is 21.6. The molecule has 0 radical (unpaired) electrons. The summed E-state index contributed by atoms with van der Waals surface area (Å²) in [6, 6.07) is 34.3. The monoisotopic (exact) mass is 1270 g/mol. The molecule has 0 spiro atoms. The molecule has 13 rings (SSSR count). The van der Waals surface area contributed by atoms with Crippen LogP contribution in [-0.2, 0) is 19.6 Å². The lowest BCUT2D eigenvalue weighted by molar-refractivity contribution is 0.101. The van der Waals surface area contributed by atoms with E-state index in [1.54, 1.807) is 93.7 Å². The number of hydrogen-bond acceptors (Lipinski definition) is 15. The first-order valence-electron chi connectivity index (χ1n) is 31.3. The molecular formula is C75H70N18O3. The van der Waals surface area contributed by atoms with Crippen LogP contribution in [0, 0.1) is 56.3 Å². The molecule has 1 aliphatic rings. The zero-order valence-electron chi connectivity index (χ0n) is 54.4. The van der Waals surface area contributed by atoms with Gasteiger partial charge in [-0.3, -0.25) is 39.1 Å². The van der Waals surface area contributed by atoms with E-state index in [0.717, 1.165) is 90.9 Å². The maximum Gasteiger partial charge on any atom is 0.257 e. The number of nitrogens with one attached hydrogen (secondary N) is 3. The maximum absolute atomic E-state index is 12.8.